The molecule has 0 saturated carbocycles. The van der Waals surface area contributed by atoms with Gasteiger partial charge in [-0.15, -0.1) is 5.10 Å². The van der Waals surface area contributed by atoms with Crippen molar-refractivity contribution in [2.24, 2.45) is 5.73 Å². The molecule has 0 fully saturated rings. The quantitative estimate of drug-likeness (QED) is 0.773. The van der Waals surface area contributed by atoms with Crippen molar-refractivity contribution in [1.82, 2.24) is 20.0 Å². The summed E-state index contributed by atoms with van der Waals surface area (Å²) in [7, 11) is 2.12. The van der Waals surface area contributed by atoms with Crippen LogP contribution in [-0.2, 0) is 4.74 Å². The van der Waals surface area contributed by atoms with Crippen LogP contribution >= 0.6 is 0 Å². The van der Waals surface area contributed by atoms with E-state index >= 15 is 0 Å². The number of pyridine rings is 1. The standard InChI is InChI=1S/C14H23N7O/c1-4-20-12(5-7-22-8-6-15)19(3)13-10(2)9-11-16-17-18-21(11)14(13)20/h9,12H,4-8,15H2,1-3H3. The topological polar surface area (TPSA) is 84.8 Å². The summed E-state index contributed by atoms with van der Waals surface area (Å²) in [6.45, 7) is 6.99. The molecule has 3 rings (SSSR count). The molecule has 1 aliphatic rings. The van der Waals surface area contributed by atoms with Gasteiger partial charge in [-0.1, -0.05) is 0 Å². The van der Waals surface area contributed by atoms with Gasteiger partial charge in [-0.05, 0) is 35.9 Å². The number of tetrazole rings is 1. The van der Waals surface area contributed by atoms with E-state index in [-0.39, 0.29) is 6.17 Å². The fraction of sp³-hybridized carbons (Fsp3) is 0.643. The summed E-state index contributed by atoms with van der Waals surface area (Å²) in [5.74, 6) is 1.06. The van der Waals surface area contributed by atoms with Crippen LogP contribution < -0.4 is 15.5 Å². The third-order valence-electron chi connectivity index (χ3n) is 4.18. The number of rotatable bonds is 6. The first-order chi connectivity index (χ1) is 10.7. The average molecular weight is 305 g/mol. The Labute approximate surface area is 129 Å². The SMILES string of the molecule is CCN1c2c(c(C)cc3nnnn23)N(C)C1CCOCCN. The molecule has 0 radical (unpaired) electrons. The van der Waals surface area contributed by atoms with E-state index in [1.165, 1.54) is 11.3 Å². The summed E-state index contributed by atoms with van der Waals surface area (Å²) in [5, 5.41) is 12.0. The van der Waals surface area contributed by atoms with Gasteiger partial charge in [0.15, 0.2) is 11.5 Å². The van der Waals surface area contributed by atoms with Crippen molar-refractivity contribution in [1.29, 1.82) is 0 Å². The maximum atomic E-state index is 5.56. The van der Waals surface area contributed by atoms with Gasteiger partial charge in [0.25, 0.3) is 0 Å². The maximum Gasteiger partial charge on any atom is 0.182 e. The van der Waals surface area contributed by atoms with Gasteiger partial charge in [0.2, 0.25) is 0 Å². The minimum atomic E-state index is 0.242. The van der Waals surface area contributed by atoms with Gasteiger partial charge in [-0.3, -0.25) is 0 Å². The number of nitrogens with zero attached hydrogens (tertiary/aromatic N) is 6. The molecule has 8 heteroatoms. The van der Waals surface area contributed by atoms with Crippen LogP contribution in [0.5, 0.6) is 0 Å². The smallest absolute Gasteiger partial charge is 0.182 e. The lowest BCUT2D eigenvalue weighted by Crippen LogP contribution is -2.42. The first-order valence-corrected chi connectivity index (χ1v) is 7.68. The number of aryl methyl sites for hydroxylation is 1. The highest BCUT2D eigenvalue weighted by molar-refractivity contribution is 5.79. The molecule has 0 spiro atoms. The maximum absolute atomic E-state index is 5.56. The van der Waals surface area contributed by atoms with Crippen LogP contribution in [0, 0.1) is 6.92 Å². The van der Waals surface area contributed by atoms with Crippen molar-refractivity contribution < 1.29 is 4.74 Å². The zero-order chi connectivity index (χ0) is 15.7. The van der Waals surface area contributed by atoms with E-state index in [1.807, 2.05) is 10.6 Å². The van der Waals surface area contributed by atoms with Crippen LogP contribution in [0.3, 0.4) is 0 Å². The Morgan fingerprint density at radius 3 is 2.91 bits per heavy atom. The lowest BCUT2D eigenvalue weighted by molar-refractivity contribution is 0.134. The Morgan fingerprint density at radius 1 is 1.36 bits per heavy atom. The first-order valence-electron chi connectivity index (χ1n) is 7.68. The number of aromatic nitrogens is 4. The van der Waals surface area contributed by atoms with Crippen molar-refractivity contribution in [2.45, 2.75) is 26.4 Å². The first kappa shape index (κ1) is 15.0. The highest BCUT2D eigenvalue weighted by Gasteiger charge is 2.36. The lowest BCUT2D eigenvalue weighted by Gasteiger charge is -2.29. The van der Waals surface area contributed by atoms with Gasteiger partial charge in [0, 0.05) is 26.6 Å². The van der Waals surface area contributed by atoms with Crippen molar-refractivity contribution >= 4 is 17.2 Å². The summed E-state index contributed by atoms with van der Waals surface area (Å²) in [6.07, 6.45) is 1.15. The monoisotopic (exact) mass is 305 g/mol. The van der Waals surface area contributed by atoms with E-state index in [0.717, 1.165) is 24.4 Å². The molecular formula is C14H23N7O. The molecule has 1 unspecified atom stereocenters. The van der Waals surface area contributed by atoms with Gasteiger partial charge in [-0.25, -0.2) is 0 Å². The third kappa shape index (κ3) is 2.28. The molecule has 0 bridgehead atoms. The van der Waals surface area contributed by atoms with Gasteiger partial charge in [0.1, 0.15) is 6.17 Å². The van der Waals surface area contributed by atoms with E-state index in [0.29, 0.717) is 19.8 Å². The van der Waals surface area contributed by atoms with Crippen LogP contribution in [0.4, 0.5) is 11.5 Å². The highest BCUT2D eigenvalue weighted by Crippen LogP contribution is 2.41. The van der Waals surface area contributed by atoms with Crippen molar-refractivity contribution in [3.8, 4) is 0 Å². The largest absolute Gasteiger partial charge is 0.380 e. The van der Waals surface area contributed by atoms with Gasteiger partial charge in [-0.2, -0.15) is 4.52 Å². The Balaban J connectivity index is 1.94. The second-order valence-corrected chi connectivity index (χ2v) is 5.52. The van der Waals surface area contributed by atoms with Crippen LogP contribution in [0.25, 0.3) is 5.65 Å². The number of hydrogen-bond donors (Lipinski definition) is 1. The second-order valence-electron chi connectivity index (χ2n) is 5.52. The Morgan fingerprint density at radius 2 is 2.18 bits per heavy atom. The summed E-state index contributed by atoms with van der Waals surface area (Å²) in [5.41, 5.74) is 8.62. The fourth-order valence-electron chi connectivity index (χ4n) is 3.25. The highest BCUT2D eigenvalue weighted by atomic mass is 16.5. The number of fused-ring (bicyclic) bond motifs is 3. The summed E-state index contributed by atoms with van der Waals surface area (Å²) in [4.78, 5) is 4.62. The van der Waals surface area contributed by atoms with E-state index in [2.05, 4.69) is 46.2 Å². The minimum Gasteiger partial charge on any atom is -0.380 e. The summed E-state index contributed by atoms with van der Waals surface area (Å²) < 4.78 is 7.38. The third-order valence-corrected chi connectivity index (χ3v) is 4.18. The van der Waals surface area contributed by atoms with Crippen LogP contribution in [0.2, 0.25) is 0 Å². The zero-order valence-electron chi connectivity index (χ0n) is 13.4. The predicted octanol–water partition coefficient (Wildman–Crippen LogP) is 0.400. The molecule has 0 aromatic carbocycles. The molecule has 3 heterocycles. The molecule has 0 saturated heterocycles. The molecule has 0 amide bonds. The van der Waals surface area contributed by atoms with E-state index in [1.54, 1.807) is 0 Å². The summed E-state index contributed by atoms with van der Waals surface area (Å²) >= 11 is 0. The number of anilines is 2. The normalized spacial score (nSPS) is 17.5. The van der Waals surface area contributed by atoms with Crippen LogP contribution in [0.15, 0.2) is 6.07 Å². The molecule has 2 aromatic rings. The molecule has 22 heavy (non-hydrogen) atoms. The molecule has 120 valence electrons. The minimum absolute atomic E-state index is 0.242. The molecule has 0 aliphatic carbocycles. The Hall–Kier alpha value is -1.93. The average Bonchev–Trinajstić information content (AvgIpc) is 3.06. The number of ether oxygens (including phenoxy) is 1. The molecular weight excluding hydrogens is 282 g/mol. The van der Waals surface area contributed by atoms with Crippen molar-refractivity contribution in [3.05, 3.63) is 11.6 Å². The second kappa shape index (κ2) is 6.05. The van der Waals surface area contributed by atoms with Crippen LogP contribution in [-0.4, -0.2) is 59.6 Å². The van der Waals surface area contributed by atoms with Gasteiger partial charge >= 0.3 is 0 Å². The Bertz CT molecular complexity index is 656. The lowest BCUT2D eigenvalue weighted by atomic mass is 10.2. The Kier molecular flexibility index (Phi) is 4.12. The zero-order valence-corrected chi connectivity index (χ0v) is 13.4. The molecule has 2 aromatic heterocycles. The molecule has 1 aliphatic heterocycles. The van der Waals surface area contributed by atoms with Crippen LogP contribution in [0.1, 0.15) is 18.9 Å². The van der Waals surface area contributed by atoms with Crippen molar-refractivity contribution in [2.75, 3.05) is 43.2 Å². The molecule has 8 nitrogen and oxygen atoms in total. The molecule has 1 atom stereocenters. The van der Waals surface area contributed by atoms with E-state index in [9.17, 15) is 0 Å². The van der Waals surface area contributed by atoms with Crippen molar-refractivity contribution in [3.63, 3.8) is 0 Å². The number of hydrogen-bond acceptors (Lipinski definition) is 7. The predicted molar refractivity (Wildman–Crippen MR) is 85.2 cm³/mol. The fourth-order valence-corrected chi connectivity index (χ4v) is 3.25. The number of nitrogens with two attached hydrogens (primary N) is 1. The van der Waals surface area contributed by atoms with Gasteiger partial charge in [0.05, 0.1) is 18.9 Å². The molecule has 2 N–H and O–H groups in total. The summed E-state index contributed by atoms with van der Waals surface area (Å²) in [6, 6.07) is 2.02. The van der Waals surface area contributed by atoms with Gasteiger partial charge < -0.3 is 20.3 Å². The van der Waals surface area contributed by atoms with E-state index in [4.69, 9.17) is 10.5 Å². The van der Waals surface area contributed by atoms with E-state index < -0.39 is 0 Å².